The smallest absolute Gasteiger partial charge is 0.191 e. The third kappa shape index (κ3) is 5.54. The number of hydrogen-bond acceptors (Lipinski definition) is 3. The quantitative estimate of drug-likeness (QED) is 0.553. The summed E-state index contributed by atoms with van der Waals surface area (Å²) in [6, 6.07) is 5.57. The molecule has 0 radical (unpaired) electrons. The molecule has 0 saturated heterocycles. The summed E-state index contributed by atoms with van der Waals surface area (Å²) in [7, 11) is 1.66. The van der Waals surface area contributed by atoms with Crippen LogP contribution in [0, 0.1) is 11.6 Å². The van der Waals surface area contributed by atoms with E-state index in [0.29, 0.717) is 37.0 Å². The zero-order valence-corrected chi connectivity index (χ0v) is 15.5. The number of aromatic nitrogens is 1. The molecule has 2 N–H and O–H groups in total. The molecule has 2 rings (SSSR count). The second-order valence-corrected chi connectivity index (χ2v) is 6.07. The summed E-state index contributed by atoms with van der Waals surface area (Å²) < 4.78 is 31.9. The standard InChI is InChI=1S/C19H26F2N4O/c1-4-13(5-2)18-11-16(26-25-18)12-24-19(22-3)23-9-8-14-6-7-15(20)10-17(14)21/h6-7,10-11,13H,4-5,8-9,12H2,1-3H3,(H2,22,23,24). The molecule has 0 spiro atoms. The molecule has 1 aromatic heterocycles. The molecule has 0 bridgehead atoms. The lowest BCUT2D eigenvalue weighted by molar-refractivity contribution is 0.368. The molecule has 0 aliphatic carbocycles. The Balaban J connectivity index is 1.81. The number of nitrogens with zero attached hydrogens (tertiary/aromatic N) is 2. The summed E-state index contributed by atoms with van der Waals surface area (Å²) in [5, 5.41) is 10.4. The van der Waals surface area contributed by atoms with E-state index in [0.717, 1.165) is 30.4 Å². The van der Waals surface area contributed by atoms with Gasteiger partial charge in [0.1, 0.15) is 11.6 Å². The molecule has 0 unspecified atom stereocenters. The van der Waals surface area contributed by atoms with Crippen molar-refractivity contribution in [1.29, 1.82) is 0 Å². The van der Waals surface area contributed by atoms with Crippen molar-refractivity contribution < 1.29 is 13.3 Å². The van der Waals surface area contributed by atoms with Crippen molar-refractivity contribution in [3.63, 3.8) is 0 Å². The van der Waals surface area contributed by atoms with E-state index >= 15 is 0 Å². The number of aliphatic imine (C=N–C) groups is 1. The van der Waals surface area contributed by atoms with Gasteiger partial charge in [-0.2, -0.15) is 0 Å². The van der Waals surface area contributed by atoms with Crippen LogP contribution in [0.3, 0.4) is 0 Å². The molecule has 0 aliphatic rings. The minimum Gasteiger partial charge on any atom is -0.359 e. The zero-order valence-electron chi connectivity index (χ0n) is 15.5. The molecular weight excluding hydrogens is 338 g/mol. The van der Waals surface area contributed by atoms with Crippen molar-refractivity contribution >= 4 is 5.96 Å². The third-order valence-corrected chi connectivity index (χ3v) is 4.34. The summed E-state index contributed by atoms with van der Waals surface area (Å²) >= 11 is 0. The Morgan fingerprint density at radius 1 is 1.19 bits per heavy atom. The molecule has 1 aromatic carbocycles. The Bertz CT molecular complexity index is 726. The second-order valence-electron chi connectivity index (χ2n) is 6.07. The van der Waals surface area contributed by atoms with Crippen LogP contribution in [0.1, 0.15) is 49.6 Å². The fourth-order valence-corrected chi connectivity index (χ4v) is 2.74. The third-order valence-electron chi connectivity index (χ3n) is 4.34. The topological polar surface area (TPSA) is 62.5 Å². The summed E-state index contributed by atoms with van der Waals surface area (Å²) in [5.41, 5.74) is 1.43. The van der Waals surface area contributed by atoms with Crippen molar-refractivity contribution in [3.8, 4) is 0 Å². The largest absolute Gasteiger partial charge is 0.359 e. The molecule has 5 nitrogen and oxygen atoms in total. The Hall–Kier alpha value is -2.44. The van der Waals surface area contributed by atoms with E-state index in [2.05, 4.69) is 34.6 Å². The van der Waals surface area contributed by atoms with Crippen LogP contribution in [-0.2, 0) is 13.0 Å². The normalized spacial score (nSPS) is 11.8. The predicted octanol–water partition coefficient (Wildman–Crippen LogP) is 3.76. The van der Waals surface area contributed by atoms with Crippen LogP contribution in [0.4, 0.5) is 8.78 Å². The van der Waals surface area contributed by atoms with E-state index in [9.17, 15) is 8.78 Å². The van der Waals surface area contributed by atoms with E-state index in [1.807, 2.05) is 6.07 Å². The molecule has 0 fully saturated rings. The van der Waals surface area contributed by atoms with Gasteiger partial charge in [-0.05, 0) is 30.9 Å². The van der Waals surface area contributed by atoms with Gasteiger partial charge in [-0.3, -0.25) is 4.99 Å². The molecule has 0 saturated carbocycles. The van der Waals surface area contributed by atoms with Gasteiger partial charge in [-0.25, -0.2) is 8.78 Å². The van der Waals surface area contributed by atoms with Crippen LogP contribution in [0.2, 0.25) is 0 Å². The fourth-order valence-electron chi connectivity index (χ4n) is 2.74. The highest BCUT2D eigenvalue weighted by atomic mass is 19.1. The number of guanidine groups is 1. The minimum absolute atomic E-state index is 0.413. The number of nitrogens with one attached hydrogen (secondary N) is 2. The van der Waals surface area contributed by atoms with Crippen molar-refractivity contribution in [2.45, 2.75) is 45.6 Å². The first-order valence-corrected chi connectivity index (χ1v) is 8.91. The summed E-state index contributed by atoms with van der Waals surface area (Å²) in [5.74, 6) is 0.616. The summed E-state index contributed by atoms with van der Waals surface area (Å²) in [6.07, 6.45) is 2.48. The lowest BCUT2D eigenvalue weighted by Crippen LogP contribution is -2.37. The van der Waals surface area contributed by atoms with Gasteiger partial charge >= 0.3 is 0 Å². The Morgan fingerprint density at radius 2 is 1.96 bits per heavy atom. The zero-order chi connectivity index (χ0) is 18.9. The SMILES string of the molecule is CCC(CC)c1cc(CNC(=NC)NCCc2ccc(F)cc2F)on1. The van der Waals surface area contributed by atoms with Gasteiger partial charge in [0, 0.05) is 31.6 Å². The van der Waals surface area contributed by atoms with E-state index in [-0.39, 0.29) is 0 Å². The van der Waals surface area contributed by atoms with Gasteiger partial charge in [-0.15, -0.1) is 0 Å². The first-order valence-electron chi connectivity index (χ1n) is 8.91. The van der Waals surface area contributed by atoms with Crippen LogP contribution in [-0.4, -0.2) is 24.7 Å². The highest BCUT2D eigenvalue weighted by Crippen LogP contribution is 2.22. The first kappa shape index (κ1) is 19.9. The van der Waals surface area contributed by atoms with Crippen LogP contribution >= 0.6 is 0 Å². The minimum atomic E-state index is -0.573. The summed E-state index contributed by atoms with van der Waals surface area (Å²) in [6.45, 7) is 5.20. The lowest BCUT2D eigenvalue weighted by Gasteiger charge is -2.11. The molecular formula is C19H26F2N4O. The Morgan fingerprint density at radius 3 is 2.62 bits per heavy atom. The van der Waals surface area contributed by atoms with Gasteiger partial charge in [0.2, 0.25) is 0 Å². The number of rotatable bonds is 8. The lowest BCUT2D eigenvalue weighted by atomic mass is 9.99. The molecule has 0 amide bonds. The average molecular weight is 364 g/mol. The van der Waals surface area contributed by atoms with Crippen LogP contribution in [0.5, 0.6) is 0 Å². The fraction of sp³-hybridized carbons (Fsp3) is 0.474. The van der Waals surface area contributed by atoms with E-state index in [1.54, 1.807) is 7.05 Å². The number of hydrogen-bond donors (Lipinski definition) is 2. The van der Waals surface area contributed by atoms with Crippen molar-refractivity contribution in [2.24, 2.45) is 4.99 Å². The van der Waals surface area contributed by atoms with Crippen molar-refractivity contribution in [3.05, 3.63) is 52.9 Å². The number of benzene rings is 1. The van der Waals surface area contributed by atoms with E-state index in [4.69, 9.17) is 4.52 Å². The van der Waals surface area contributed by atoms with Gasteiger partial charge in [-0.1, -0.05) is 25.1 Å². The Kier molecular flexibility index (Phi) is 7.56. The van der Waals surface area contributed by atoms with E-state index in [1.165, 1.54) is 12.1 Å². The molecule has 0 atom stereocenters. The van der Waals surface area contributed by atoms with Gasteiger partial charge in [0.25, 0.3) is 0 Å². The second kappa shape index (κ2) is 9.89. The monoisotopic (exact) mass is 364 g/mol. The van der Waals surface area contributed by atoms with Crippen LogP contribution in [0.25, 0.3) is 0 Å². The van der Waals surface area contributed by atoms with Crippen molar-refractivity contribution in [2.75, 3.05) is 13.6 Å². The molecule has 26 heavy (non-hydrogen) atoms. The molecule has 2 aromatic rings. The number of halogens is 2. The average Bonchev–Trinajstić information content (AvgIpc) is 3.09. The molecule has 7 heteroatoms. The summed E-state index contributed by atoms with van der Waals surface area (Å²) in [4.78, 5) is 4.12. The highest BCUT2D eigenvalue weighted by Gasteiger charge is 2.13. The van der Waals surface area contributed by atoms with Crippen LogP contribution in [0.15, 0.2) is 33.8 Å². The molecule has 0 aliphatic heterocycles. The molecule has 142 valence electrons. The maximum absolute atomic E-state index is 13.6. The van der Waals surface area contributed by atoms with Crippen molar-refractivity contribution in [1.82, 2.24) is 15.8 Å². The van der Waals surface area contributed by atoms with E-state index < -0.39 is 11.6 Å². The predicted molar refractivity (Wildman–Crippen MR) is 98.1 cm³/mol. The van der Waals surface area contributed by atoms with Crippen LogP contribution < -0.4 is 10.6 Å². The first-order chi connectivity index (χ1) is 12.6. The highest BCUT2D eigenvalue weighted by molar-refractivity contribution is 5.79. The van der Waals surface area contributed by atoms with Gasteiger partial charge in [0.15, 0.2) is 11.7 Å². The molecule has 1 heterocycles. The van der Waals surface area contributed by atoms with Gasteiger partial charge < -0.3 is 15.2 Å². The maximum Gasteiger partial charge on any atom is 0.191 e. The Labute approximate surface area is 152 Å². The maximum atomic E-state index is 13.6. The van der Waals surface area contributed by atoms with Gasteiger partial charge in [0.05, 0.1) is 12.2 Å².